The van der Waals surface area contributed by atoms with Gasteiger partial charge in [0.05, 0.1) is 37.1 Å². The topological polar surface area (TPSA) is 116 Å². The number of benzene rings is 1. The summed E-state index contributed by atoms with van der Waals surface area (Å²) >= 11 is 3.23. The first-order valence-corrected chi connectivity index (χ1v) is 7.70. The van der Waals surface area contributed by atoms with Crippen molar-refractivity contribution in [3.63, 3.8) is 0 Å². The fourth-order valence-electron chi connectivity index (χ4n) is 2.30. The highest BCUT2D eigenvalue weighted by molar-refractivity contribution is 9.10. The summed E-state index contributed by atoms with van der Waals surface area (Å²) in [6, 6.07) is 4.53. The van der Waals surface area contributed by atoms with Gasteiger partial charge in [-0.3, -0.25) is 4.79 Å². The number of ether oxygens (including phenoxy) is 1. The minimum absolute atomic E-state index is 0.0265. The van der Waals surface area contributed by atoms with Gasteiger partial charge in [0.2, 0.25) is 0 Å². The van der Waals surface area contributed by atoms with Crippen LogP contribution >= 0.6 is 15.9 Å². The summed E-state index contributed by atoms with van der Waals surface area (Å²) in [5.74, 6) is -2.40. The lowest BCUT2D eigenvalue weighted by Gasteiger charge is -2.16. The number of hydrogen-bond donors (Lipinski definition) is 3. The van der Waals surface area contributed by atoms with Gasteiger partial charge in [-0.1, -0.05) is 6.07 Å². The second-order valence-corrected chi connectivity index (χ2v) is 5.74. The molecule has 1 aliphatic rings. The SMILES string of the molecule is COC(=O)C1=C(Nc2c(Br)cccc2C(=O)O)C(=O)N(CCO)C1. The smallest absolute Gasteiger partial charge is 0.337 e. The number of anilines is 1. The van der Waals surface area contributed by atoms with Gasteiger partial charge in [-0.05, 0) is 28.1 Å². The molecule has 24 heavy (non-hydrogen) atoms. The number of carbonyl (C=O) groups excluding carboxylic acids is 2. The molecule has 1 aromatic carbocycles. The maximum atomic E-state index is 12.4. The zero-order chi connectivity index (χ0) is 17.9. The lowest BCUT2D eigenvalue weighted by atomic mass is 10.1. The number of amides is 1. The first-order valence-electron chi connectivity index (χ1n) is 6.91. The van der Waals surface area contributed by atoms with Crippen molar-refractivity contribution in [2.75, 3.05) is 32.1 Å². The molecule has 0 aromatic heterocycles. The Labute approximate surface area is 145 Å². The number of carboxylic acid groups (broad SMARTS) is 1. The normalized spacial score (nSPS) is 14.1. The van der Waals surface area contributed by atoms with E-state index in [0.29, 0.717) is 4.47 Å². The van der Waals surface area contributed by atoms with Crippen LogP contribution in [0.3, 0.4) is 0 Å². The highest BCUT2D eigenvalue weighted by Crippen LogP contribution is 2.30. The zero-order valence-corrected chi connectivity index (χ0v) is 14.3. The fourth-order valence-corrected chi connectivity index (χ4v) is 2.77. The third-order valence-corrected chi connectivity index (χ3v) is 4.11. The van der Waals surface area contributed by atoms with Crippen LogP contribution in [0.2, 0.25) is 0 Å². The predicted molar refractivity (Wildman–Crippen MR) is 87.4 cm³/mol. The average molecular weight is 399 g/mol. The van der Waals surface area contributed by atoms with Gasteiger partial charge in [0.1, 0.15) is 5.70 Å². The summed E-state index contributed by atoms with van der Waals surface area (Å²) in [5, 5.41) is 21.1. The van der Waals surface area contributed by atoms with Crippen molar-refractivity contribution in [3.05, 3.63) is 39.5 Å². The van der Waals surface area contributed by atoms with Crippen LogP contribution in [0, 0.1) is 0 Å². The molecule has 0 radical (unpaired) electrons. The number of nitrogens with one attached hydrogen (secondary N) is 1. The number of β-amino-alcohol motifs (C(OH)–C–C–N with tert-alkyl or cyclic N) is 1. The molecule has 8 nitrogen and oxygen atoms in total. The second kappa shape index (κ2) is 7.45. The van der Waals surface area contributed by atoms with Gasteiger partial charge < -0.3 is 25.2 Å². The number of aliphatic hydroxyl groups is 1. The van der Waals surface area contributed by atoms with E-state index in [1.54, 1.807) is 12.1 Å². The molecule has 0 atom stereocenters. The van der Waals surface area contributed by atoms with E-state index >= 15 is 0 Å². The number of hydrogen-bond acceptors (Lipinski definition) is 6. The number of nitrogens with zero attached hydrogens (tertiary/aromatic N) is 1. The first kappa shape index (κ1) is 18.0. The van der Waals surface area contributed by atoms with Crippen molar-refractivity contribution in [1.82, 2.24) is 4.90 Å². The van der Waals surface area contributed by atoms with E-state index in [1.165, 1.54) is 18.1 Å². The Balaban J connectivity index is 2.47. The summed E-state index contributed by atoms with van der Waals surface area (Å²) < 4.78 is 5.10. The van der Waals surface area contributed by atoms with Gasteiger partial charge in [-0.2, -0.15) is 0 Å². The number of rotatable bonds is 6. The van der Waals surface area contributed by atoms with E-state index in [0.717, 1.165) is 0 Å². The summed E-state index contributed by atoms with van der Waals surface area (Å²) in [6.07, 6.45) is 0. The maximum absolute atomic E-state index is 12.4. The monoisotopic (exact) mass is 398 g/mol. The number of aromatic carboxylic acids is 1. The predicted octanol–water partition coefficient (Wildman–Crippen LogP) is 0.821. The minimum Gasteiger partial charge on any atom is -0.478 e. The minimum atomic E-state index is -1.18. The van der Waals surface area contributed by atoms with Crippen LogP contribution in [0.25, 0.3) is 0 Å². The Morgan fingerprint density at radius 2 is 2.12 bits per heavy atom. The maximum Gasteiger partial charge on any atom is 0.337 e. The number of carbonyl (C=O) groups is 3. The highest BCUT2D eigenvalue weighted by atomic mass is 79.9. The molecular formula is C15H15BrN2O6. The molecule has 9 heteroatoms. The molecule has 0 saturated heterocycles. The summed E-state index contributed by atoms with van der Waals surface area (Å²) in [4.78, 5) is 37.0. The van der Waals surface area contributed by atoms with Crippen molar-refractivity contribution in [2.24, 2.45) is 0 Å². The Morgan fingerprint density at radius 1 is 1.42 bits per heavy atom. The largest absolute Gasteiger partial charge is 0.478 e. The van der Waals surface area contributed by atoms with Crippen molar-refractivity contribution in [2.45, 2.75) is 0 Å². The van der Waals surface area contributed by atoms with E-state index < -0.39 is 17.8 Å². The lowest BCUT2D eigenvalue weighted by molar-refractivity contribution is -0.136. The Hall–Kier alpha value is -2.39. The summed E-state index contributed by atoms with van der Waals surface area (Å²) in [6.45, 7) is -0.240. The van der Waals surface area contributed by atoms with E-state index in [9.17, 15) is 19.5 Å². The van der Waals surface area contributed by atoms with E-state index in [4.69, 9.17) is 5.11 Å². The third kappa shape index (κ3) is 3.41. The van der Waals surface area contributed by atoms with Gasteiger partial charge >= 0.3 is 11.9 Å². The molecule has 0 bridgehead atoms. The molecule has 1 aliphatic heterocycles. The van der Waals surface area contributed by atoms with Crippen molar-refractivity contribution >= 4 is 39.5 Å². The number of esters is 1. The Morgan fingerprint density at radius 3 is 2.71 bits per heavy atom. The molecule has 1 heterocycles. The molecule has 0 fully saturated rings. The van der Waals surface area contributed by atoms with Crippen molar-refractivity contribution < 1.29 is 29.3 Å². The third-order valence-electron chi connectivity index (χ3n) is 3.45. The molecule has 0 aliphatic carbocycles. The van der Waals surface area contributed by atoms with Crippen LogP contribution in [0.15, 0.2) is 33.9 Å². The number of para-hydroxylation sites is 1. The van der Waals surface area contributed by atoms with Crippen molar-refractivity contribution in [3.8, 4) is 0 Å². The summed E-state index contributed by atoms with van der Waals surface area (Å²) in [5.41, 5.74) is 0.0999. The Bertz CT molecular complexity index is 731. The zero-order valence-electron chi connectivity index (χ0n) is 12.7. The number of halogens is 1. The van der Waals surface area contributed by atoms with Crippen LogP contribution < -0.4 is 5.32 Å². The molecule has 0 saturated carbocycles. The number of aliphatic hydroxyl groups excluding tert-OH is 1. The van der Waals surface area contributed by atoms with Crippen LogP contribution in [-0.4, -0.2) is 59.8 Å². The fraction of sp³-hybridized carbons (Fsp3) is 0.267. The van der Waals surface area contributed by atoms with Gasteiger partial charge in [-0.25, -0.2) is 9.59 Å². The van der Waals surface area contributed by atoms with Gasteiger partial charge in [0.25, 0.3) is 5.91 Å². The lowest BCUT2D eigenvalue weighted by Crippen LogP contribution is -2.31. The van der Waals surface area contributed by atoms with E-state index in [2.05, 4.69) is 26.0 Å². The van der Waals surface area contributed by atoms with E-state index in [-0.39, 0.29) is 42.2 Å². The molecule has 2 rings (SSSR count). The van der Waals surface area contributed by atoms with Crippen LogP contribution in [0.1, 0.15) is 10.4 Å². The molecule has 0 unspecified atom stereocenters. The Kier molecular flexibility index (Phi) is 5.58. The highest BCUT2D eigenvalue weighted by Gasteiger charge is 2.35. The van der Waals surface area contributed by atoms with Crippen LogP contribution in [0.5, 0.6) is 0 Å². The van der Waals surface area contributed by atoms with Crippen LogP contribution in [0.4, 0.5) is 5.69 Å². The van der Waals surface area contributed by atoms with Crippen LogP contribution in [-0.2, 0) is 14.3 Å². The van der Waals surface area contributed by atoms with Gasteiger partial charge in [0.15, 0.2) is 0 Å². The van der Waals surface area contributed by atoms with Gasteiger partial charge in [-0.15, -0.1) is 0 Å². The quantitative estimate of drug-likeness (QED) is 0.607. The number of methoxy groups -OCH3 is 1. The standard InChI is InChI=1S/C15H15BrN2O6/c1-24-15(23)9-7-18(5-6-19)13(20)12(9)17-11-8(14(21)22)3-2-4-10(11)16/h2-4,17,19H,5-7H2,1H3,(H,21,22). The average Bonchev–Trinajstić information content (AvgIpc) is 2.85. The number of carboxylic acids is 1. The molecule has 128 valence electrons. The van der Waals surface area contributed by atoms with E-state index in [1.807, 2.05) is 0 Å². The molecule has 1 amide bonds. The second-order valence-electron chi connectivity index (χ2n) is 4.89. The molecular weight excluding hydrogens is 384 g/mol. The first-order chi connectivity index (χ1) is 11.4. The van der Waals surface area contributed by atoms with Crippen molar-refractivity contribution in [1.29, 1.82) is 0 Å². The summed E-state index contributed by atoms with van der Waals surface area (Å²) in [7, 11) is 1.19. The molecule has 1 aromatic rings. The van der Waals surface area contributed by atoms with Gasteiger partial charge in [0, 0.05) is 11.0 Å². The molecule has 0 spiro atoms. The molecule has 3 N–H and O–H groups in total.